The number of benzene rings is 2. The summed E-state index contributed by atoms with van der Waals surface area (Å²) >= 11 is 5.56. The fourth-order valence-corrected chi connectivity index (χ4v) is 3.59. The first-order valence-corrected chi connectivity index (χ1v) is 9.02. The molecule has 0 saturated carbocycles. The Labute approximate surface area is 140 Å². The van der Waals surface area contributed by atoms with Crippen molar-refractivity contribution >= 4 is 27.7 Å². The van der Waals surface area contributed by atoms with Gasteiger partial charge in [0.15, 0.2) is 0 Å². The normalized spacial score (nSPS) is 11.1. The second kappa shape index (κ2) is 8.02. The Kier molecular flexibility index (Phi) is 6.34. The van der Waals surface area contributed by atoms with Crippen molar-refractivity contribution in [3.8, 4) is 0 Å². The van der Waals surface area contributed by atoms with Gasteiger partial charge in [0.1, 0.15) is 0 Å². The fraction of sp³-hybridized carbons (Fsp3) is 0.333. The molecule has 0 aliphatic heterocycles. The molecule has 0 saturated heterocycles. The highest BCUT2D eigenvalue weighted by atomic mass is 79.9. The SMILES string of the molecule is Cc1cccc(CSc2ccc(CNC(C)C)c(Br)c2)c1. The quantitative estimate of drug-likeness (QED) is 0.675. The van der Waals surface area contributed by atoms with E-state index in [0.717, 1.165) is 12.3 Å². The summed E-state index contributed by atoms with van der Waals surface area (Å²) in [6.45, 7) is 7.38. The number of thioether (sulfide) groups is 1. The molecule has 0 bridgehead atoms. The van der Waals surface area contributed by atoms with Crippen LogP contribution in [0.2, 0.25) is 0 Å². The van der Waals surface area contributed by atoms with Crippen LogP contribution in [0.25, 0.3) is 0 Å². The average Bonchev–Trinajstić information content (AvgIpc) is 2.44. The zero-order valence-electron chi connectivity index (χ0n) is 12.8. The minimum absolute atomic E-state index is 0.507. The second-order valence-electron chi connectivity index (χ2n) is 5.57. The summed E-state index contributed by atoms with van der Waals surface area (Å²) in [5.74, 6) is 1.01. The molecular weight excluding hydrogens is 342 g/mol. The molecule has 1 nitrogen and oxygen atoms in total. The zero-order valence-corrected chi connectivity index (χ0v) is 15.2. The highest BCUT2D eigenvalue weighted by Crippen LogP contribution is 2.28. The Bertz CT molecular complexity index is 596. The van der Waals surface area contributed by atoms with Gasteiger partial charge in [-0.3, -0.25) is 0 Å². The summed E-state index contributed by atoms with van der Waals surface area (Å²) < 4.78 is 1.19. The Hall–Kier alpha value is -0.770. The van der Waals surface area contributed by atoms with E-state index in [-0.39, 0.29) is 0 Å². The van der Waals surface area contributed by atoms with Gasteiger partial charge in [-0.2, -0.15) is 0 Å². The van der Waals surface area contributed by atoms with Crippen LogP contribution >= 0.6 is 27.7 Å². The second-order valence-corrected chi connectivity index (χ2v) is 7.47. The molecule has 0 unspecified atom stereocenters. The molecule has 0 aliphatic rings. The van der Waals surface area contributed by atoms with Gasteiger partial charge in [-0.05, 0) is 30.2 Å². The van der Waals surface area contributed by atoms with Gasteiger partial charge in [0, 0.05) is 27.7 Å². The molecular formula is C18H22BrNS. The van der Waals surface area contributed by atoms with Crippen molar-refractivity contribution in [3.05, 3.63) is 63.6 Å². The monoisotopic (exact) mass is 363 g/mol. The van der Waals surface area contributed by atoms with Crippen molar-refractivity contribution in [1.29, 1.82) is 0 Å². The molecule has 0 aromatic heterocycles. The first-order valence-electron chi connectivity index (χ1n) is 7.25. The van der Waals surface area contributed by atoms with Crippen LogP contribution < -0.4 is 5.32 Å². The lowest BCUT2D eigenvalue weighted by Gasteiger charge is -2.11. The van der Waals surface area contributed by atoms with E-state index in [4.69, 9.17) is 0 Å². The van der Waals surface area contributed by atoms with Gasteiger partial charge in [0.2, 0.25) is 0 Å². The summed E-state index contributed by atoms with van der Waals surface area (Å²) in [6, 6.07) is 15.9. The number of hydrogen-bond acceptors (Lipinski definition) is 2. The topological polar surface area (TPSA) is 12.0 Å². The van der Waals surface area contributed by atoms with E-state index in [1.54, 1.807) is 0 Å². The first-order chi connectivity index (χ1) is 10.0. The predicted molar refractivity (Wildman–Crippen MR) is 96.9 cm³/mol. The summed E-state index contributed by atoms with van der Waals surface area (Å²) in [5, 5.41) is 3.45. The molecule has 2 rings (SSSR count). The van der Waals surface area contributed by atoms with Gasteiger partial charge in [0.25, 0.3) is 0 Å². The third-order valence-electron chi connectivity index (χ3n) is 3.21. The molecule has 112 valence electrons. The van der Waals surface area contributed by atoms with Crippen LogP contribution in [0.1, 0.15) is 30.5 Å². The molecule has 0 heterocycles. The van der Waals surface area contributed by atoms with Crippen LogP contribution in [-0.2, 0) is 12.3 Å². The minimum Gasteiger partial charge on any atom is -0.310 e. The highest BCUT2D eigenvalue weighted by molar-refractivity contribution is 9.10. The van der Waals surface area contributed by atoms with E-state index in [2.05, 4.69) is 84.5 Å². The third kappa shape index (κ3) is 5.50. The number of aryl methyl sites for hydroxylation is 1. The first kappa shape index (κ1) is 16.6. The summed E-state index contributed by atoms with van der Waals surface area (Å²) in [5.41, 5.74) is 4.01. The van der Waals surface area contributed by atoms with Crippen molar-refractivity contribution < 1.29 is 0 Å². The highest BCUT2D eigenvalue weighted by Gasteiger charge is 2.04. The van der Waals surface area contributed by atoms with Crippen LogP contribution in [0.3, 0.4) is 0 Å². The van der Waals surface area contributed by atoms with Gasteiger partial charge < -0.3 is 5.32 Å². The van der Waals surface area contributed by atoms with Crippen molar-refractivity contribution in [2.24, 2.45) is 0 Å². The van der Waals surface area contributed by atoms with Crippen LogP contribution in [0.15, 0.2) is 51.8 Å². The van der Waals surface area contributed by atoms with Gasteiger partial charge in [0.05, 0.1) is 0 Å². The van der Waals surface area contributed by atoms with E-state index < -0.39 is 0 Å². The average molecular weight is 364 g/mol. The van der Waals surface area contributed by atoms with E-state index in [0.29, 0.717) is 6.04 Å². The van der Waals surface area contributed by atoms with E-state index in [9.17, 15) is 0 Å². The summed E-state index contributed by atoms with van der Waals surface area (Å²) in [7, 11) is 0. The molecule has 0 radical (unpaired) electrons. The number of rotatable bonds is 6. The fourth-order valence-electron chi connectivity index (χ4n) is 2.04. The summed E-state index contributed by atoms with van der Waals surface area (Å²) in [6.07, 6.45) is 0. The third-order valence-corrected chi connectivity index (χ3v) is 5.02. The molecule has 21 heavy (non-hydrogen) atoms. The van der Waals surface area contributed by atoms with Crippen molar-refractivity contribution in [3.63, 3.8) is 0 Å². The number of nitrogens with one attached hydrogen (secondary N) is 1. The Morgan fingerprint density at radius 3 is 2.62 bits per heavy atom. The van der Waals surface area contributed by atoms with Crippen LogP contribution in [0.5, 0.6) is 0 Å². The van der Waals surface area contributed by atoms with Gasteiger partial charge >= 0.3 is 0 Å². The number of hydrogen-bond donors (Lipinski definition) is 1. The largest absolute Gasteiger partial charge is 0.310 e. The van der Waals surface area contributed by atoms with E-state index in [1.165, 1.54) is 26.1 Å². The van der Waals surface area contributed by atoms with Crippen molar-refractivity contribution in [2.45, 2.75) is 44.0 Å². The van der Waals surface area contributed by atoms with Crippen molar-refractivity contribution in [2.75, 3.05) is 0 Å². The van der Waals surface area contributed by atoms with E-state index in [1.807, 2.05) is 11.8 Å². The molecule has 2 aromatic rings. The minimum atomic E-state index is 0.507. The molecule has 0 atom stereocenters. The standard InChI is InChI=1S/C18H22BrNS/c1-13(2)20-11-16-7-8-17(10-18(16)19)21-12-15-6-4-5-14(3)9-15/h4-10,13,20H,11-12H2,1-3H3. The van der Waals surface area contributed by atoms with Crippen LogP contribution in [-0.4, -0.2) is 6.04 Å². The Morgan fingerprint density at radius 1 is 1.14 bits per heavy atom. The maximum Gasteiger partial charge on any atom is 0.0232 e. The lowest BCUT2D eigenvalue weighted by molar-refractivity contribution is 0.587. The Morgan fingerprint density at radius 2 is 1.95 bits per heavy atom. The van der Waals surface area contributed by atoms with Gasteiger partial charge in [-0.1, -0.05) is 65.7 Å². The molecule has 1 N–H and O–H groups in total. The molecule has 0 fully saturated rings. The van der Waals surface area contributed by atoms with Crippen molar-refractivity contribution in [1.82, 2.24) is 5.32 Å². The lowest BCUT2D eigenvalue weighted by Crippen LogP contribution is -2.21. The van der Waals surface area contributed by atoms with Crippen LogP contribution in [0.4, 0.5) is 0 Å². The molecule has 0 aliphatic carbocycles. The van der Waals surface area contributed by atoms with Crippen LogP contribution in [0, 0.1) is 6.92 Å². The predicted octanol–water partition coefficient (Wildman–Crippen LogP) is 5.55. The molecule has 0 spiro atoms. The van der Waals surface area contributed by atoms with E-state index >= 15 is 0 Å². The smallest absolute Gasteiger partial charge is 0.0232 e. The summed E-state index contributed by atoms with van der Waals surface area (Å²) in [4.78, 5) is 1.30. The number of halogens is 1. The maximum atomic E-state index is 3.68. The molecule has 2 aromatic carbocycles. The molecule has 0 amide bonds. The maximum absolute atomic E-state index is 3.68. The van der Waals surface area contributed by atoms with Gasteiger partial charge in [-0.15, -0.1) is 11.8 Å². The lowest BCUT2D eigenvalue weighted by atomic mass is 10.2. The molecule has 3 heteroatoms. The zero-order chi connectivity index (χ0) is 15.2. The Balaban J connectivity index is 1.97. The van der Waals surface area contributed by atoms with Gasteiger partial charge in [-0.25, -0.2) is 0 Å².